The third kappa shape index (κ3) is 1.43. The third-order valence-electron chi connectivity index (χ3n) is 3.77. The minimum atomic E-state index is -0.0611. The van der Waals surface area contributed by atoms with Crippen molar-refractivity contribution in [2.75, 3.05) is 7.11 Å². The monoisotopic (exact) mass is 219 g/mol. The molecule has 1 unspecified atom stereocenters. The van der Waals surface area contributed by atoms with Crippen LogP contribution in [0.3, 0.4) is 0 Å². The van der Waals surface area contributed by atoms with E-state index in [0.29, 0.717) is 6.10 Å². The van der Waals surface area contributed by atoms with E-state index in [1.165, 1.54) is 0 Å². The average Bonchev–Trinajstić information content (AvgIpc) is 2.25. The van der Waals surface area contributed by atoms with Gasteiger partial charge >= 0.3 is 0 Å². The molecule has 1 aliphatic carbocycles. The summed E-state index contributed by atoms with van der Waals surface area (Å²) in [7, 11) is 1.76. The number of nitrogens with two attached hydrogens (primary N) is 1. The Balaban J connectivity index is 1.85. The number of fused-ring (bicyclic) bond motifs is 1. The molecule has 2 aliphatic rings. The lowest BCUT2D eigenvalue weighted by Gasteiger charge is -2.50. The zero-order chi connectivity index (χ0) is 11.2. The average molecular weight is 219 g/mol. The van der Waals surface area contributed by atoms with Gasteiger partial charge < -0.3 is 15.2 Å². The maximum atomic E-state index is 6.20. The van der Waals surface area contributed by atoms with Gasteiger partial charge in [-0.25, -0.2) is 0 Å². The molecule has 1 spiro atoms. The molecule has 3 rings (SSSR count). The molecule has 0 aromatic heterocycles. The lowest BCUT2D eigenvalue weighted by molar-refractivity contribution is -0.124. The predicted molar refractivity (Wildman–Crippen MR) is 61.4 cm³/mol. The summed E-state index contributed by atoms with van der Waals surface area (Å²) in [5, 5.41) is 0. The van der Waals surface area contributed by atoms with Gasteiger partial charge in [-0.1, -0.05) is 18.2 Å². The van der Waals surface area contributed by atoms with Crippen molar-refractivity contribution in [3.8, 4) is 5.75 Å². The van der Waals surface area contributed by atoms with Gasteiger partial charge in [-0.3, -0.25) is 0 Å². The molecular formula is C13H17NO2. The van der Waals surface area contributed by atoms with E-state index in [1.54, 1.807) is 7.11 Å². The van der Waals surface area contributed by atoms with Crippen molar-refractivity contribution in [1.29, 1.82) is 0 Å². The predicted octanol–water partition coefficient (Wildman–Crippen LogP) is 2.02. The first-order valence-electron chi connectivity index (χ1n) is 5.79. The van der Waals surface area contributed by atoms with Crippen LogP contribution in [0.15, 0.2) is 24.3 Å². The van der Waals surface area contributed by atoms with Crippen LogP contribution in [-0.2, 0) is 4.74 Å². The molecule has 3 nitrogen and oxygen atoms in total. The van der Waals surface area contributed by atoms with Crippen LogP contribution in [0.4, 0.5) is 0 Å². The van der Waals surface area contributed by atoms with Gasteiger partial charge in [0.05, 0.1) is 6.10 Å². The van der Waals surface area contributed by atoms with Gasteiger partial charge in [-0.2, -0.15) is 0 Å². The smallest absolute Gasteiger partial charge is 0.124 e. The number of benzene rings is 1. The summed E-state index contributed by atoms with van der Waals surface area (Å²) in [4.78, 5) is 0. The van der Waals surface area contributed by atoms with Crippen LogP contribution < -0.4 is 10.5 Å². The third-order valence-corrected chi connectivity index (χ3v) is 3.77. The molecule has 2 N–H and O–H groups in total. The summed E-state index contributed by atoms with van der Waals surface area (Å²) in [5.74, 6) is 0.954. The van der Waals surface area contributed by atoms with Crippen LogP contribution in [0.1, 0.15) is 30.9 Å². The molecule has 86 valence electrons. The van der Waals surface area contributed by atoms with Crippen LogP contribution >= 0.6 is 0 Å². The number of rotatable bonds is 1. The summed E-state index contributed by atoms with van der Waals surface area (Å²) < 4.78 is 11.4. The molecule has 16 heavy (non-hydrogen) atoms. The van der Waals surface area contributed by atoms with Crippen LogP contribution in [0, 0.1) is 0 Å². The first kappa shape index (κ1) is 10.1. The maximum Gasteiger partial charge on any atom is 0.124 e. The molecule has 1 heterocycles. The molecule has 1 saturated carbocycles. The van der Waals surface area contributed by atoms with Crippen molar-refractivity contribution in [2.45, 2.75) is 37.0 Å². The second-order valence-electron chi connectivity index (χ2n) is 4.90. The Morgan fingerprint density at radius 2 is 2.06 bits per heavy atom. The van der Waals surface area contributed by atoms with Gasteiger partial charge in [0.2, 0.25) is 0 Å². The molecule has 1 aromatic rings. The second-order valence-corrected chi connectivity index (χ2v) is 4.90. The van der Waals surface area contributed by atoms with Crippen molar-refractivity contribution >= 4 is 0 Å². The van der Waals surface area contributed by atoms with Crippen molar-refractivity contribution < 1.29 is 9.47 Å². The minimum absolute atomic E-state index is 0.0611. The van der Waals surface area contributed by atoms with Gasteiger partial charge in [0.15, 0.2) is 0 Å². The Hall–Kier alpha value is -1.06. The molecule has 1 atom stereocenters. The second kappa shape index (κ2) is 3.47. The lowest BCUT2D eigenvalue weighted by atomic mass is 9.71. The Kier molecular flexibility index (Phi) is 2.19. The fourth-order valence-electron chi connectivity index (χ4n) is 2.85. The molecule has 0 saturated heterocycles. The molecule has 1 aromatic carbocycles. The van der Waals surface area contributed by atoms with Crippen LogP contribution in [-0.4, -0.2) is 18.8 Å². The van der Waals surface area contributed by atoms with Gasteiger partial charge in [0, 0.05) is 38.0 Å². The summed E-state index contributed by atoms with van der Waals surface area (Å²) in [6.45, 7) is 0. The summed E-state index contributed by atoms with van der Waals surface area (Å²) in [6.07, 6.45) is 3.18. The van der Waals surface area contributed by atoms with Crippen LogP contribution in [0.2, 0.25) is 0 Å². The molecule has 0 amide bonds. The Morgan fingerprint density at radius 3 is 2.81 bits per heavy atom. The first-order chi connectivity index (χ1) is 7.72. The highest BCUT2D eigenvalue weighted by molar-refractivity contribution is 5.39. The quantitative estimate of drug-likeness (QED) is 0.786. The van der Waals surface area contributed by atoms with E-state index in [4.69, 9.17) is 15.2 Å². The Morgan fingerprint density at radius 1 is 1.31 bits per heavy atom. The normalized spacial score (nSPS) is 36.4. The molecule has 3 heteroatoms. The van der Waals surface area contributed by atoms with Gasteiger partial charge in [0.1, 0.15) is 11.4 Å². The first-order valence-corrected chi connectivity index (χ1v) is 5.79. The number of hydrogen-bond donors (Lipinski definition) is 1. The van der Waals surface area contributed by atoms with E-state index >= 15 is 0 Å². The standard InChI is InChI=1S/C13H17NO2/c1-15-9-6-13(7-9)8-11(14)10-4-2-3-5-12(10)16-13/h2-5,9,11H,6-8,14H2,1H3. The largest absolute Gasteiger partial charge is 0.487 e. The Bertz CT molecular complexity index is 399. The van der Waals surface area contributed by atoms with E-state index < -0.39 is 0 Å². The minimum Gasteiger partial charge on any atom is -0.487 e. The fourth-order valence-corrected chi connectivity index (χ4v) is 2.85. The summed E-state index contributed by atoms with van der Waals surface area (Å²) in [6, 6.07) is 8.17. The van der Waals surface area contributed by atoms with Gasteiger partial charge in [-0.05, 0) is 6.07 Å². The van der Waals surface area contributed by atoms with E-state index in [1.807, 2.05) is 18.2 Å². The van der Waals surface area contributed by atoms with E-state index in [9.17, 15) is 0 Å². The molecule has 1 aliphatic heterocycles. The highest BCUT2D eigenvalue weighted by Crippen LogP contribution is 2.48. The fraction of sp³-hybridized carbons (Fsp3) is 0.538. The van der Waals surface area contributed by atoms with Crippen LogP contribution in [0.25, 0.3) is 0 Å². The number of methoxy groups -OCH3 is 1. The van der Waals surface area contributed by atoms with Crippen molar-refractivity contribution in [3.63, 3.8) is 0 Å². The van der Waals surface area contributed by atoms with Gasteiger partial charge in [-0.15, -0.1) is 0 Å². The highest BCUT2D eigenvalue weighted by atomic mass is 16.5. The highest BCUT2D eigenvalue weighted by Gasteiger charge is 2.50. The topological polar surface area (TPSA) is 44.5 Å². The molecule has 0 bridgehead atoms. The summed E-state index contributed by atoms with van der Waals surface area (Å²) >= 11 is 0. The van der Waals surface area contributed by atoms with Crippen molar-refractivity contribution in [3.05, 3.63) is 29.8 Å². The van der Waals surface area contributed by atoms with Crippen molar-refractivity contribution in [2.24, 2.45) is 5.73 Å². The lowest BCUT2D eigenvalue weighted by Crippen LogP contribution is -2.55. The van der Waals surface area contributed by atoms with Crippen LogP contribution in [0.5, 0.6) is 5.75 Å². The maximum absolute atomic E-state index is 6.20. The molecule has 0 radical (unpaired) electrons. The molecular weight excluding hydrogens is 202 g/mol. The number of para-hydroxylation sites is 1. The van der Waals surface area contributed by atoms with E-state index in [-0.39, 0.29) is 11.6 Å². The van der Waals surface area contributed by atoms with Gasteiger partial charge in [0.25, 0.3) is 0 Å². The molecule has 1 fully saturated rings. The van der Waals surface area contributed by atoms with Crippen molar-refractivity contribution in [1.82, 2.24) is 0 Å². The SMILES string of the molecule is COC1CC2(C1)CC(N)c1ccccc1O2. The zero-order valence-corrected chi connectivity index (χ0v) is 9.48. The van der Waals surface area contributed by atoms with E-state index in [2.05, 4.69) is 6.07 Å². The summed E-state index contributed by atoms with van der Waals surface area (Å²) in [5.41, 5.74) is 7.27. The Labute approximate surface area is 95.5 Å². The zero-order valence-electron chi connectivity index (χ0n) is 9.48. The number of ether oxygens (including phenoxy) is 2. The van der Waals surface area contributed by atoms with E-state index in [0.717, 1.165) is 30.6 Å². The number of hydrogen-bond acceptors (Lipinski definition) is 3.